The van der Waals surface area contributed by atoms with Crippen molar-refractivity contribution in [1.29, 1.82) is 0 Å². The van der Waals surface area contributed by atoms with E-state index in [4.69, 9.17) is 10.5 Å². The van der Waals surface area contributed by atoms with Crippen molar-refractivity contribution in [2.24, 2.45) is 5.73 Å². The molecule has 138 valence electrons. The lowest BCUT2D eigenvalue weighted by atomic mass is 9.78. The van der Waals surface area contributed by atoms with Crippen LogP contribution in [-0.4, -0.2) is 60.6 Å². The number of ether oxygens (including phenoxy) is 1. The molecule has 0 aromatic heterocycles. The van der Waals surface area contributed by atoms with E-state index in [2.05, 4.69) is 35.2 Å². The average Bonchev–Trinajstić information content (AvgIpc) is 2.65. The molecule has 2 N–H and O–H groups in total. The Morgan fingerprint density at radius 3 is 2.60 bits per heavy atom. The summed E-state index contributed by atoms with van der Waals surface area (Å²) in [6, 6.07) is 10.1. The van der Waals surface area contributed by atoms with Crippen molar-refractivity contribution in [2.45, 2.75) is 50.2 Å². The normalized spacial score (nSPS) is 22.1. The predicted octanol–water partition coefficient (Wildman–Crippen LogP) is 2.01. The Morgan fingerprint density at radius 1 is 1.20 bits per heavy atom. The molecule has 1 saturated carbocycles. The lowest BCUT2D eigenvalue weighted by molar-refractivity contribution is -0.141. The Hall–Kier alpha value is -1.43. The van der Waals surface area contributed by atoms with E-state index >= 15 is 0 Å². The standard InChI is InChI=1S/C20H31N3O2/c1-25-15-18(21)19(24)22-12-13-23(14-17-8-4-2-5-9-17)20(16-22)10-6-3-7-11-20/h2,4-5,8-9,18H,3,6-7,10-16,21H2,1H3. The first-order chi connectivity index (χ1) is 12.1. The highest BCUT2D eigenvalue weighted by molar-refractivity contribution is 5.82. The number of carbonyl (C=O) groups is 1. The number of hydrogen-bond donors (Lipinski definition) is 1. The highest BCUT2D eigenvalue weighted by atomic mass is 16.5. The second kappa shape index (κ2) is 8.30. The first-order valence-corrected chi connectivity index (χ1v) is 9.47. The molecule has 1 spiro atoms. The molecular formula is C20H31N3O2. The Balaban J connectivity index is 1.74. The molecule has 3 rings (SSSR count). The summed E-state index contributed by atoms with van der Waals surface area (Å²) in [5.74, 6) is 0.0335. The van der Waals surface area contributed by atoms with Crippen LogP contribution in [0.1, 0.15) is 37.7 Å². The van der Waals surface area contributed by atoms with Gasteiger partial charge in [0.05, 0.1) is 6.61 Å². The van der Waals surface area contributed by atoms with E-state index in [1.165, 1.54) is 37.7 Å². The van der Waals surface area contributed by atoms with Gasteiger partial charge in [0.2, 0.25) is 5.91 Å². The molecule has 5 heteroatoms. The van der Waals surface area contributed by atoms with Gasteiger partial charge in [-0.1, -0.05) is 49.6 Å². The van der Waals surface area contributed by atoms with Gasteiger partial charge in [0.25, 0.3) is 0 Å². The second-order valence-electron chi connectivity index (χ2n) is 7.51. The summed E-state index contributed by atoms with van der Waals surface area (Å²) in [6.07, 6.45) is 6.14. The van der Waals surface area contributed by atoms with Gasteiger partial charge < -0.3 is 15.4 Å². The molecule has 2 fully saturated rings. The van der Waals surface area contributed by atoms with E-state index in [9.17, 15) is 4.79 Å². The molecule has 5 nitrogen and oxygen atoms in total. The van der Waals surface area contributed by atoms with E-state index in [0.29, 0.717) is 0 Å². The topological polar surface area (TPSA) is 58.8 Å². The van der Waals surface area contributed by atoms with Crippen molar-refractivity contribution in [3.05, 3.63) is 35.9 Å². The summed E-state index contributed by atoms with van der Waals surface area (Å²) in [5, 5.41) is 0. The van der Waals surface area contributed by atoms with Crippen molar-refractivity contribution in [1.82, 2.24) is 9.80 Å². The quantitative estimate of drug-likeness (QED) is 0.887. The molecule has 1 aromatic carbocycles. The molecule has 1 aliphatic carbocycles. The highest BCUT2D eigenvalue weighted by Crippen LogP contribution is 2.37. The van der Waals surface area contributed by atoms with E-state index in [-0.39, 0.29) is 18.1 Å². The van der Waals surface area contributed by atoms with Crippen LogP contribution in [0.25, 0.3) is 0 Å². The van der Waals surface area contributed by atoms with E-state index < -0.39 is 6.04 Å². The number of nitrogens with zero attached hydrogens (tertiary/aromatic N) is 2. The average molecular weight is 345 g/mol. The lowest BCUT2D eigenvalue weighted by Gasteiger charge is -2.53. The Morgan fingerprint density at radius 2 is 1.92 bits per heavy atom. The van der Waals surface area contributed by atoms with Crippen LogP contribution in [0.2, 0.25) is 0 Å². The van der Waals surface area contributed by atoms with Gasteiger partial charge in [-0.3, -0.25) is 9.69 Å². The zero-order valence-corrected chi connectivity index (χ0v) is 15.3. The molecular weight excluding hydrogens is 314 g/mol. The Kier molecular flexibility index (Phi) is 6.10. The van der Waals surface area contributed by atoms with Crippen molar-refractivity contribution in [3.63, 3.8) is 0 Å². The largest absolute Gasteiger partial charge is 0.383 e. The number of amides is 1. The van der Waals surface area contributed by atoms with Crippen molar-refractivity contribution in [3.8, 4) is 0 Å². The molecule has 1 saturated heterocycles. The van der Waals surface area contributed by atoms with Crippen LogP contribution < -0.4 is 5.73 Å². The SMILES string of the molecule is COCC(N)C(=O)N1CCN(Cc2ccccc2)C2(CCCCC2)C1. The van der Waals surface area contributed by atoms with Crippen LogP contribution in [0.3, 0.4) is 0 Å². The van der Waals surface area contributed by atoms with Crippen LogP contribution in [0.4, 0.5) is 0 Å². The Labute approximate surface area is 151 Å². The van der Waals surface area contributed by atoms with Gasteiger partial charge in [-0.2, -0.15) is 0 Å². The third kappa shape index (κ3) is 4.22. The maximum Gasteiger partial charge on any atom is 0.241 e. The summed E-state index contributed by atoms with van der Waals surface area (Å²) in [6.45, 7) is 3.73. The lowest BCUT2D eigenvalue weighted by Crippen LogP contribution is -2.65. The summed E-state index contributed by atoms with van der Waals surface area (Å²) < 4.78 is 5.07. The molecule has 1 heterocycles. The minimum absolute atomic E-state index is 0.0335. The predicted molar refractivity (Wildman–Crippen MR) is 99.1 cm³/mol. The smallest absolute Gasteiger partial charge is 0.241 e. The van der Waals surface area contributed by atoms with Crippen LogP contribution >= 0.6 is 0 Å². The van der Waals surface area contributed by atoms with Gasteiger partial charge in [-0.05, 0) is 18.4 Å². The molecule has 1 aromatic rings. The number of piperazine rings is 1. The number of rotatable bonds is 5. The van der Waals surface area contributed by atoms with Gasteiger partial charge in [0.15, 0.2) is 0 Å². The minimum Gasteiger partial charge on any atom is -0.383 e. The Bertz CT molecular complexity index is 557. The first kappa shape index (κ1) is 18.4. The number of benzene rings is 1. The molecule has 1 aliphatic heterocycles. The molecule has 25 heavy (non-hydrogen) atoms. The molecule has 2 aliphatic rings. The maximum atomic E-state index is 12.7. The zero-order chi connectivity index (χ0) is 17.7. The molecule has 1 atom stereocenters. The van der Waals surface area contributed by atoms with Crippen LogP contribution in [0, 0.1) is 0 Å². The van der Waals surface area contributed by atoms with Crippen molar-refractivity contribution < 1.29 is 9.53 Å². The molecule has 1 amide bonds. The van der Waals surface area contributed by atoms with Gasteiger partial charge in [0, 0.05) is 38.8 Å². The summed E-state index contributed by atoms with van der Waals surface area (Å²) in [5.41, 5.74) is 7.46. The number of nitrogens with two attached hydrogens (primary N) is 1. The monoisotopic (exact) mass is 345 g/mol. The fraction of sp³-hybridized carbons (Fsp3) is 0.650. The van der Waals surface area contributed by atoms with Gasteiger partial charge in [-0.15, -0.1) is 0 Å². The third-order valence-electron chi connectivity index (χ3n) is 5.77. The zero-order valence-electron chi connectivity index (χ0n) is 15.3. The van der Waals surface area contributed by atoms with Gasteiger partial charge in [0.1, 0.15) is 6.04 Å². The summed E-state index contributed by atoms with van der Waals surface area (Å²) >= 11 is 0. The first-order valence-electron chi connectivity index (χ1n) is 9.47. The number of carbonyl (C=O) groups excluding carboxylic acids is 1. The fourth-order valence-electron chi connectivity index (χ4n) is 4.42. The van der Waals surface area contributed by atoms with E-state index in [1.807, 2.05) is 4.90 Å². The van der Waals surface area contributed by atoms with Crippen molar-refractivity contribution in [2.75, 3.05) is 33.4 Å². The second-order valence-corrected chi connectivity index (χ2v) is 7.51. The molecule has 1 unspecified atom stereocenters. The van der Waals surface area contributed by atoms with E-state index in [0.717, 1.165) is 26.2 Å². The summed E-state index contributed by atoms with van der Waals surface area (Å²) in [7, 11) is 1.59. The maximum absolute atomic E-state index is 12.7. The molecule has 0 radical (unpaired) electrons. The van der Waals surface area contributed by atoms with Crippen molar-refractivity contribution >= 4 is 5.91 Å². The fourth-order valence-corrected chi connectivity index (χ4v) is 4.42. The highest BCUT2D eigenvalue weighted by Gasteiger charge is 2.43. The van der Waals surface area contributed by atoms with E-state index in [1.54, 1.807) is 7.11 Å². The van der Waals surface area contributed by atoms with Crippen LogP contribution in [-0.2, 0) is 16.1 Å². The molecule has 0 bridgehead atoms. The van der Waals surface area contributed by atoms with Crippen LogP contribution in [0.15, 0.2) is 30.3 Å². The number of hydrogen-bond acceptors (Lipinski definition) is 4. The number of methoxy groups -OCH3 is 1. The van der Waals surface area contributed by atoms with Gasteiger partial charge >= 0.3 is 0 Å². The minimum atomic E-state index is -0.550. The van der Waals surface area contributed by atoms with Gasteiger partial charge in [-0.25, -0.2) is 0 Å². The summed E-state index contributed by atoms with van der Waals surface area (Å²) in [4.78, 5) is 17.3. The third-order valence-corrected chi connectivity index (χ3v) is 5.77. The van der Waals surface area contributed by atoms with Crippen LogP contribution in [0.5, 0.6) is 0 Å².